The third kappa shape index (κ3) is 5.58. The topological polar surface area (TPSA) is 70.7 Å². The Bertz CT molecular complexity index is 1460. The normalized spacial score (nSPS) is 20.0. The second-order valence-corrected chi connectivity index (χ2v) is 10.1. The SMILES string of the molecule is O=C1N=C(N2CCCC(O)C2)/C(=C/c2ccc3nn(Cc4ccc(C(F)(F)F)cc4C(F)(F)F)cc3c2)S1. The van der Waals surface area contributed by atoms with Gasteiger partial charge in [-0.2, -0.15) is 36.4 Å². The van der Waals surface area contributed by atoms with Crippen LogP contribution in [0.25, 0.3) is 17.0 Å². The van der Waals surface area contributed by atoms with Crippen LogP contribution in [0.15, 0.2) is 52.5 Å². The number of piperidine rings is 1. The molecule has 0 radical (unpaired) electrons. The first-order chi connectivity index (χ1) is 17.9. The Morgan fingerprint density at radius 1 is 1.08 bits per heavy atom. The zero-order valence-corrected chi connectivity index (χ0v) is 20.4. The van der Waals surface area contributed by atoms with E-state index in [1.807, 2.05) is 4.90 Å². The van der Waals surface area contributed by atoms with E-state index in [1.165, 1.54) is 10.9 Å². The van der Waals surface area contributed by atoms with Crippen molar-refractivity contribution in [2.45, 2.75) is 37.8 Å². The molecule has 0 bridgehead atoms. The van der Waals surface area contributed by atoms with E-state index in [1.54, 1.807) is 24.3 Å². The number of aromatic nitrogens is 2. The number of carbonyl (C=O) groups is 1. The first kappa shape index (κ1) is 26.3. The number of aliphatic hydroxyl groups excluding tert-OH is 1. The summed E-state index contributed by atoms with van der Waals surface area (Å²) in [5.74, 6) is 0.497. The highest BCUT2D eigenvalue weighted by atomic mass is 32.2. The van der Waals surface area contributed by atoms with Gasteiger partial charge in [0, 0.05) is 24.7 Å². The third-order valence-electron chi connectivity index (χ3n) is 6.26. The molecule has 2 aliphatic heterocycles. The van der Waals surface area contributed by atoms with Gasteiger partial charge in [0.15, 0.2) is 0 Å². The molecule has 0 spiro atoms. The summed E-state index contributed by atoms with van der Waals surface area (Å²) in [5.41, 5.74) is -1.90. The summed E-state index contributed by atoms with van der Waals surface area (Å²) in [6, 6.07) is 6.70. The first-order valence-electron chi connectivity index (χ1n) is 11.6. The van der Waals surface area contributed by atoms with Crippen molar-refractivity contribution in [3.8, 4) is 0 Å². The summed E-state index contributed by atoms with van der Waals surface area (Å²) in [5, 5.41) is 14.5. The lowest BCUT2D eigenvalue weighted by molar-refractivity contribution is -0.143. The maximum atomic E-state index is 13.5. The lowest BCUT2D eigenvalue weighted by Crippen LogP contribution is -2.41. The van der Waals surface area contributed by atoms with E-state index < -0.39 is 29.6 Å². The zero-order valence-electron chi connectivity index (χ0n) is 19.6. The fraction of sp³-hybridized carbons (Fsp3) is 0.320. The van der Waals surface area contributed by atoms with Gasteiger partial charge in [-0.05, 0) is 66.1 Å². The van der Waals surface area contributed by atoms with Gasteiger partial charge >= 0.3 is 17.6 Å². The Morgan fingerprint density at radius 2 is 1.87 bits per heavy atom. The molecule has 3 heterocycles. The molecule has 1 N–H and O–H groups in total. The molecule has 2 aliphatic rings. The minimum Gasteiger partial charge on any atom is -0.391 e. The van der Waals surface area contributed by atoms with Crippen molar-refractivity contribution in [3.05, 3.63) is 69.8 Å². The fourth-order valence-electron chi connectivity index (χ4n) is 4.52. The number of nitrogens with zero attached hydrogens (tertiary/aromatic N) is 4. The van der Waals surface area contributed by atoms with E-state index >= 15 is 0 Å². The Balaban J connectivity index is 1.42. The van der Waals surface area contributed by atoms with Crippen LogP contribution in [0.3, 0.4) is 0 Å². The number of rotatable bonds is 3. The van der Waals surface area contributed by atoms with Gasteiger partial charge in [0.2, 0.25) is 0 Å². The first-order valence-corrected chi connectivity index (χ1v) is 12.4. The molecule has 1 amide bonds. The van der Waals surface area contributed by atoms with Crippen molar-refractivity contribution in [2.75, 3.05) is 13.1 Å². The molecule has 1 fully saturated rings. The average Bonchev–Trinajstić information content (AvgIpc) is 3.39. The number of amides is 1. The molecule has 38 heavy (non-hydrogen) atoms. The van der Waals surface area contributed by atoms with Crippen LogP contribution in [0.2, 0.25) is 0 Å². The minimum absolute atomic E-state index is 0.115. The van der Waals surface area contributed by atoms with Crippen LogP contribution < -0.4 is 0 Å². The fourth-order valence-corrected chi connectivity index (χ4v) is 5.30. The predicted octanol–water partition coefficient (Wildman–Crippen LogP) is 6.19. The van der Waals surface area contributed by atoms with Crippen molar-refractivity contribution < 1.29 is 36.2 Å². The van der Waals surface area contributed by atoms with Crippen LogP contribution in [0.1, 0.15) is 35.1 Å². The Kier molecular flexibility index (Phi) is 6.76. The third-order valence-corrected chi connectivity index (χ3v) is 7.05. The summed E-state index contributed by atoms with van der Waals surface area (Å²) in [6.07, 6.45) is -5.64. The van der Waals surface area contributed by atoms with Crippen molar-refractivity contribution in [1.29, 1.82) is 0 Å². The smallest absolute Gasteiger partial charge is 0.391 e. The van der Waals surface area contributed by atoms with Gasteiger partial charge in [-0.15, -0.1) is 0 Å². The van der Waals surface area contributed by atoms with Gasteiger partial charge in [0.25, 0.3) is 0 Å². The molecule has 1 aromatic heterocycles. The molecule has 1 atom stereocenters. The van der Waals surface area contributed by atoms with Gasteiger partial charge in [0.1, 0.15) is 5.84 Å². The molecule has 2 aromatic carbocycles. The highest BCUT2D eigenvalue weighted by Crippen LogP contribution is 2.38. The summed E-state index contributed by atoms with van der Waals surface area (Å²) in [7, 11) is 0. The van der Waals surface area contributed by atoms with E-state index in [2.05, 4.69) is 10.1 Å². The van der Waals surface area contributed by atoms with E-state index in [0.29, 0.717) is 52.8 Å². The standard InChI is InChI=1S/C25H20F6N4O2S/c26-24(27,28)17-5-4-15(19(10-17)25(29,30)31)11-35-12-16-8-14(3-6-20(16)33-35)9-21-22(32-23(37)38-21)34-7-1-2-18(36)13-34/h3-6,8-10,12,18,36H,1-2,7,11,13H2/b21-9-. The molecule has 1 unspecified atom stereocenters. The number of halogens is 6. The van der Waals surface area contributed by atoms with Crippen molar-refractivity contribution in [3.63, 3.8) is 0 Å². The second-order valence-electron chi connectivity index (χ2n) is 9.07. The van der Waals surface area contributed by atoms with Crippen LogP contribution in [0.4, 0.5) is 31.1 Å². The highest BCUT2D eigenvalue weighted by molar-refractivity contribution is 8.18. The van der Waals surface area contributed by atoms with Crippen LogP contribution in [-0.2, 0) is 18.9 Å². The number of alkyl halides is 6. The van der Waals surface area contributed by atoms with Crippen molar-refractivity contribution in [2.24, 2.45) is 4.99 Å². The number of benzene rings is 2. The number of thioether (sulfide) groups is 1. The van der Waals surface area contributed by atoms with E-state index in [4.69, 9.17) is 0 Å². The maximum Gasteiger partial charge on any atom is 0.416 e. The number of carbonyl (C=O) groups excluding carboxylic acids is 1. The molecule has 0 saturated carbocycles. The molecule has 13 heteroatoms. The second kappa shape index (κ2) is 9.77. The summed E-state index contributed by atoms with van der Waals surface area (Å²) < 4.78 is 80.8. The Morgan fingerprint density at radius 3 is 2.58 bits per heavy atom. The number of hydrogen-bond acceptors (Lipinski definition) is 5. The lowest BCUT2D eigenvalue weighted by Gasteiger charge is -2.31. The number of β-amino-alcohol motifs (C(OH)–C–C–N with tert-alkyl or cyclic N) is 1. The minimum atomic E-state index is -4.97. The lowest BCUT2D eigenvalue weighted by atomic mass is 10.0. The van der Waals surface area contributed by atoms with Gasteiger partial charge in [0.05, 0.1) is 34.2 Å². The van der Waals surface area contributed by atoms with Gasteiger partial charge in [-0.3, -0.25) is 9.48 Å². The van der Waals surface area contributed by atoms with E-state index in [9.17, 15) is 36.2 Å². The molecule has 6 nitrogen and oxygen atoms in total. The number of aliphatic imine (C=N–C) groups is 1. The van der Waals surface area contributed by atoms with E-state index in [0.717, 1.165) is 24.2 Å². The maximum absolute atomic E-state index is 13.5. The zero-order chi connectivity index (χ0) is 27.2. The molecular formula is C25H20F6N4O2S. The molecule has 200 valence electrons. The molecule has 1 saturated heterocycles. The quantitative estimate of drug-likeness (QED) is 0.392. The van der Waals surface area contributed by atoms with Gasteiger partial charge in [-0.1, -0.05) is 12.1 Å². The number of hydrogen-bond donors (Lipinski definition) is 1. The van der Waals surface area contributed by atoms with Crippen LogP contribution in [-0.4, -0.2) is 50.1 Å². The predicted molar refractivity (Wildman–Crippen MR) is 130 cm³/mol. The van der Waals surface area contributed by atoms with Crippen LogP contribution in [0.5, 0.6) is 0 Å². The number of amidine groups is 1. The van der Waals surface area contributed by atoms with Crippen LogP contribution >= 0.6 is 11.8 Å². The van der Waals surface area contributed by atoms with Gasteiger partial charge in [-0.25, -0.2) is 0 Å². The van der Waals surface area contributed by atoms with Gasteiger partial charge < -0.3 is 10.0 Å². The highest BCUT2D eigenvalue weighted by Gasteiger charge is 2.38. The molecule has 3 aromatic rings. The largest absolute Gasteiger partial charge is 0.416 e. The van der Waals surface area contributed by atoms with E-state index in [-0.39, 0.29) is 23.4 Å². The molecule has 0 aliphatic carbocycles. The number of aliphatic hydroxyl groups is 1. The number of fused-ring (bicyclic) bond motifs is 1. The summed E-state index contributed by atoms with van der Waals surface area (Å²) in [4.78, 5) is 18.6. The molecule has 5 rings (SSSR count). The van der Waals surface area contributed by atoms with Crippen molar-refractivity contribution >= 4 is 39.8 Å². The summed E-state index contributed by atoms with van der Waals surface area (Å²) >= 11 is 0.970. The Hall–Kier alpha value is -3.32. The summed E-state index contributed by atoms with van der Waals surface area (Å²) in [6.45, 7) is 0.660. The van der Waals surface area contributed by atoms with Crippen molar-refractivity contribution in [1.82, 2.24) is 14.7 Å². The number of likely N-dealkylation sites (tertiary alicyclic amines) is 1. The monoisotopic (exact) mass is 554 g/mol. The Labute approximate surface area is 216 Å². The van der Waals surface area contributed by atoms with Crippen LogP contribution in [0, 0.1) is 0 Å². The molecular weight excluding hydrogens is 534 g/mol. The average molecular weight is 555 g/mol.